The summed E-state index contributed by atoms with van der Waals surface area (Å²) in [5.74, 6) is 0. The second-order valence-electron chi connectivity index (χ2n) is 4.57. The largest absolute Gasteiger partial charge is 0.416 e. The first-order valence-corrected chi connectivity index (χ1v) is 7.86. The SMILES string of the molecule is FC(F)(F)c1cc(CCCI)cc(-c2ccccc2)c1. The molecule has 20 heavy (non-hydrogen) atoms. The first-order chi connectivity index (χ1) is 9.50. The van der Waals surface area contributed by atoms with Crippen LogP contribution < -0.4 is 0 Å². The van der Waals surface area contributed by atoms with Crippen LogP contribution in [0.2, 0.25) is 0 Å². The van der Waals surface area contributed by atoms with Crippen molar-refractivity contribution >= 4 is 22.6 Å². The molecule has 0 N–H and O–H groups in total. The molecule has 0 unspecified atom stereocenters. The van der Waals surface area contributed by atoms with Gasteiger partial charge in [-0.15, -0.1) is 0 Å². The van der Waals surface area contributed by atoms with Crippen LogP contribution in [0, 0.1) is 0 Å². The number of alkyl halides is 4. The molecule has 0 heterocycles. The summed E-state index contributed by atoms with van der Waals surface area (Å²) >= 11 is 2.24. The van der Waals surface area contributed by atoms with Crippen LogP contribution in [-0.4, -0.2) is 4.43 Å². The summed E-state index contributed by atoms with van der Waals surface area (Å²) in [4.78, 5) is 0. The number of aryl methyl sites for hydroxylation is 1. The van der Waals surface area contributed by atoms with Crippen LogP contribution >= 0.6 is 22.6 Å². The topological polar surface area (TPSA) is 0 Å². The minimum Gasteiger partial charge on any atom is -0.166 e. The number of hydrogen-bond acceptors (Lipinski definition) is 0. The second-order valence-corrected chi connectivity index (χ2v) is 5.65. The van der Waals surface area contributed by atoms with Gasteiger partial charge in [-0.3, -0.25) is 0 Å². The molecule has 0 atom stereocenters. The summed E-state index contributed by atoms with van der Waals surface area (Å²) in [6, 6.07) is 13.5. The summed E-state index contributed by atoms with van der Waals surface area (Å²) < 4.78 is 39.9. The molecule has 0 amide bonds. The average Bonchev–Trinajstić information content (AvgIpc) is 2.45. The molecule has 0 bridgehead atoms. The van der Waals surface area contributed by atoms with E-state index in [1.165, 1.54) is 12.1 Å². The molecule has 4 heteroatoms. The number of hydrogen-bond donors (Lipinski definition) is 0. The molecule has 2 aromatic rings. The third-order valence-corrected chi connectivity index (χ3v) is 3.79. The number of rotatable bonds is 4. The van der Waals surface area contributed by atoms with E-state index in [1.54, 1.807) is 0 Å². The Labute approximate surface area is 130 Å². The highest BCUT2D eigenvalue weighted by atomic mass is 127. The predicted molar refractivity (Wildman–Crippen MR) is 84.1 cm³/mol. The van der Waals surface area contributed by atoms with Crippen LogP contribution in [0.5, 0.6) is 0 Å². The maximum absolute atomic E-state index is 13.0. The summed E-state index contributed by atoms with van der Waals surface area (Å²) in [7, 11) is 0. The van der Waals surface area contributed by atoms with Crippen molar-refractivity contribution in [2.75, 3.05) is 4.43 Å². The Morgan fingerprint density at radius 1 is 0.900 bits per heavy atom. The lowest BCUT2D eigenvalue weighted by Gasteiger charge is -2.12. The molecule has 0 saturated carbocycles. The maximum Gasteiger partial charge on any atom is 0.416 e. The fourth-order valence-electron chi connectivity index (χ4n) is 2.07. The Morgan fingerprint density at radius 2 is 1.60 bits per heavy atom. The zero-order chi connectivity index (χ0) is 14.6. The fourth-order valence-corrected chi connectivity index (χ4v) is 2.45. The van der Waals surface area contributed by atoms with Gasteiger partial charge in [0.15, 0.2) is 0 Å². The standard InChI is InChI=1S/C16H14F3I/c17-16(18,19)15-10-12(5-4-8-20)9-14(11-15)13-6-2-1-3-7-13/h1-3,6-7,9-11H,4-5,8H2. The van der Waals surface area contributed by atoms with Gasteiger partial charge in [0.05, 0.1) is 5.56 Å². The van der Waals surface area contributed by atoms with Crippen molar-refractivity contribution in [2.45, 2.75) is 19.0 Å². The first-order valence-electron chi connectivity index (χ1n) is 6.33. The lowest BCUT2D eigenvalue weighted by Crippen LogP contribution is -2.06. The van der Waals surface area contributed by atoms with E-state index in [1.807, 2.05) is 36.4 Å². The van der Waals surface area contributed by atoms with E-state index in [9.17, 15) is 13.2 Å². The van der Waals surface area contributed by atoms with Crippen LogP contribution in [0.15, 0.2) is 48.5 Å². The highest BCUT2D eigenvalue weighted by Gasteiger charge is 2.31. The van der Waals surface area contributed by atoms with Gasteiger partial charge in [-0.2, -0.15) is 13.2 Å². The van der Waals surface area contributed by atoms with Gasteiger partial charge >= 0.3 is 6.18 Å². The van der Waals surface area contributed by atoms with Crippen molar-refractivity contribution in [1.29, 1.82) is 0 Å². The van der Waals surface area contributed by atoms with Gasteiger partial charge in [0.25, 0.3) is 0 Å². The average molecular weight is 390 g/mol. The van der Waals surface area contributed by atoms with Crippen molar-refractivity contribution in [3.8, 4) is 11.1 Å². The number of halogens is 4. The molecule has 0 fully saturated rings. The first kappa shape index (κ1) is 15.4. The van der Waals surface area contributed by atoms with Gasteiger partial charge < -0.3 is 0 Å². The van der Waals surface area contributed by atoms with Crippen LogP contribution in [0.4, 0.5) is 13.2 Å². The smallest absolute Gasteiger partial charge is 0.166 e. The zero-order valence-electron chi connectivity index (χ0n) is 10.8. The summed E-state index contributed by atoms with van der Waals surface area (Å²) in [6.45, 7) is 0. The lowest BCUT2D eigenvalue weighted by molar-refractivity contribution is -0.137. The molecule has 2 rings (SSSR count). The molecular formula is C16H14F3I. The fraction of sp³-hybridized carbons (Fsp3) is 0.250. The van der Waals surface area contributed by atoms with E-state index >= 15 is 0 Å². The van der Waals surface area contributed by atoms with Gasteiger partial charge in [-0.25, -0.2) is 0 Å². The molecule has 0 radical (unpaired) electrons. The second kappa shape index (κ2) is 6.61. The Hall–Kier alpha value is -1.04. The van der Waals surface area contributed by atoms with Gasteiger partial charge in [-0.05, 0) is 46.1 Å². The normalized spacial score (nSPS) is 11.6. The third kappa shape index (κ3) is 3.98. The molecule has 0 nitrogen and oxygen atoms in total. The molecular weight excluding hydrogens is 376 g/mol. The van der Waals surface area contributed by atoms with Crippen molar-refractivity contribution in [2.24, 2.45) is 0 Å². The highest BCUT2D eigenvalue weighted by molar-refractivity contribution is 14.1. The minimum atomic E-state index is -4.30. The lowest BCUT2D eigenvalue weighted by atomic mass is 9.97. The van der Waals surface area contributed by atoms with E-state index < -0.39 is 11.7 Å². The van der Waals surface area contributed by atoms with E-state index in [2.05, 4.69) is 22.6 Å². The number of benzene rings is 2. The van der Waals surface area contributed by atoms with E-state index in [-0.39, 0.29) is 0 Å². The minimum absolute atomic E-state index is 0.567. The van der Waals surface area contributed by atoms with Gasteiger partial charge in [0.2, 0.25) is 0 Å². The van der Waals surface area contributed by atoms with Crippen LogP contribution in [0.25, 0.3) is 11.1 Å². The molecule has 0 aromatic heterocycles. The van der Waals surface area contributed by atoms with E-state index in [0.29, 0.717) is 12.0 Å². The molecule has 0 aliphatic carbocycles. The Kier molecular flexibility index (Phi) is 5.07. The van der Waals surface area contributed by atoms with Crippen LogP contribution in [0.3, 0.4) is 0 Å². The maximum atomic E-state index is 13.0. The van der Waals surface area contributed by atoms with Gasteiger partial charge in [0.1, 0.15) is 0 Å². The molecule has 2 aromatic carbocycles. The van der Waals surface area contributed by atoms with Crippen molar-refractivity contribution in [3.05, 3.63) is 59.7 Å². The molecule has 0 aliphatic heterocycles. The van der Waals surface area contributed by atoms with Crippen molar-refractivity contribution in [1.82, 2.24) is 0 Å². The third-order valence-electron chi connectivity index (χ3n) is 3.03. The summed E-state index contributed by atoms with van der Waals surface area (Å²) in [6.07, 6.45) is -2.74. The van der Waals surface area contributed by atoms with Crippen LogP contribution in [-0.2, 0) is 12.6 Å². The Morgan fingerprint density at radius 3 is 2.20 bits per heavy atom. The Bertz CT molecular complexity index is 562. The van der Waals surface area contributed by atoms with Crippen molar-refractivity contribution < 1.29 is 13.2 Å². The highest BCUT2D eigenvalue weighted by Crippen LogP contribution is 2.33. The summed E-state index contributed by atoms with van der Waals surface area (Å²) in [5, 5.41) is 0. The molecule has 0 saturated heterocycles. The quantitative estimate of drug-likeness (QED) is 0.461. The summed E-state index contributed by atoms with van der Waals surface area (Å²) in [5.41, 5.74) is 1.62. The molecule has 0 aliphatic rings. The molecule has 0 spiro atoms. The van der Waals surface area contributed by atoms with Gasteiger partial charge in [-0.1, -0.05) is 59.0 Å². The monoisotopic (exact) mass is 390 g/mol. The van der Waals surface area contributed by atoms with Crippen LogP contribution in [0.1, 0.15) is 17.5 Å². The molecule has 106 valence electrons. The predicted octanol–water partition coefficient (Wildman–Crippen LogP) is 5.74. The van der Waals surface area contributed by atoms with Gasteiger partial charge in [0, 0.05) is 0 Å². The Balaban J connectivity index is 2.46. The van der Waals surface area contributed by atoms with E-state index in [0.717, 1.165) is 22.0 Å². The zero-order valence-corrected chi connectivity index (χ0v) is 12.9. The van der Waals surface area contributed by atoms with E-state index in [4.69, 9.17) is 0 Å². The van der Waals surface area contributed by atoms with Crippen molar-refractivity contribution in [3.63, 3.8) is 0 Å².